The Hall–Kier alpha value is -2.99. The molecular weight excluding hydrogens is 347 g/mol. The first-order chi connectivity index (χ1) is 13.1. The van der Waals surface area contributed by atoms with Crippen LogP contribution in [0.5, 0.6) is 0 Å². The van der Waals surface area contributed by atoms with E-state index in [4.69, 9.17) is 4.74 Å². The molecule has 1 amide bonds. The molecular formula is C21H19FN2O3. The summed E-state index contributed by atoms with van der Waals surface area (Å²) in [6, 6.07) is 14.1. The summed E-state index contributed by atoms with van der Waals surface area (Å²) in [5, 5.41) is 3.66. The number of carbonyl (C=O) groups is 1. The number of halogens is 1. The number of amides is 1. The van der Waals surface area contributed by atoms with E-state index in [1.165, 1.54) is 18.2 Å². The van der Waals surface area contributed by atoms with Gasteiger partial charge in [0.1, 0.15) is 5.82 Å². The van der Waals surface area contributed by atoms with Gasteiger partial charge in [-0.25, -0.2) is 4.39 Å². The van der Waals surface area contributed by atoms with Crippen molar-refractivity contribution in [2.75, 3.05) is 6.61 Å². The minimum absolute atomic E-state index is 0.187. The number of nitrogens with one attached hydrogen (secondary N) is 2. The number of carbonyl (C=O) groups excluding carboxylic acids is 1. The van der Waals surface area contributed by atoms with E-state index in [-0.39, 0.29) is 23.4 Å². The van der Waals surface area contributed by atoms with E-state index in [0.29, 0.717) is 23.1 Å². The average Bonchev–Trinajstić information content (AvgIpc) is 3.20. The van der Waals surface area contributed by atoms with Gasteiger partial charge in [-0.2, -0.15) is 0 Å². The van der Waals surface area contributed by atoms with Crippen LogP contribution in [0.1, 0.15) is 34.8 Å². The predicted octanol–water partition coefficient (Wildman–Crippen LogP) is 3.32. The molecule has 1 fully saturated rings. The van der Waals surface area contributed by atoms with E-state index < -0.39 is 6.04 Å². The molecule has 5 nitrogen and oxygen atoms in total. The van der Waals surface area contributed by atoms with Gasteiger partial charge in [0.25, 0.3) is 5.91 Å². The van der Waals surface area contributed by atoms with Crippen LogP contribution in [0.2, 0.25) is 0 Å². The molecule has 138 valence electrons. The molecule has 2 atom stereocenters. The maximum absolute atomic E-state index is 13.3. The van der Waals surface area contributed by atoms with E-state index in [2.05, 4.69) is 10.3 Å². The Balaban J connectivity index is 1.70. The van der Waals surface area contributed by atoms with Gasteiger partial charge in [-0.15, -0.1) is 0 Å². The van der Waals surface area contributed by atoms with Crippen LogP contribution in [-0.2, 0) is 4.74 Å². The van der Waals surface area contributed by atoms with Crippen LogP contribution >= 0.6 is 0 Å². The van der Waals surface area contributed by atoms with Crippen molar-refractivity contribution in [3.05, 3.63) is 81.9 Å². The fourth-order valence-corrected chi connectivity index (χ4v) is 3.54. The molecule has 1 aliphatic heterocycles. The van der Waals surface area contributed by atoms with E-state index >= 15 is 0 Å². The molecule has 6 heteroatoms. The van der Waals surface area contributed by atoms with Gasteiger partial charge in [-0.05, 0) is 36.6 Å². The highest BCUT2D eigenvalue weighted by Crippen LogP contribution is 2.28. The number of ether oxygens (including phenoxy) is 1. The van der Waals surface area contributed by atoms with Gasteiger partial charge in [0, 0.05) is 23.6 Å². The highest BCUT2D eigenvalue weighted by atomic mass is 19.1. The third-order valence-electron chi connectivity index (χ3n) is 4.85. The van der Waals surface area contributed by atoms with E-state index in [0.717, 1.165) is 18.4 Å². The summed E-state index contributed by atoms with van der Waals surface area (Å²) in [6.45, 7) is 0.631. The zero-order valence-corrected chi connectivity index (χ0v) is 14.6. The number of para-hydroxylation sites is 1. The fraction of sp³-hybridized carbons (Fsp3) is 0.238. The molecule has 0 bridgehead atoms. The Bertz CT molecular complexity index is 1020. The Morgan fingerprint density at radius 3 is 2.70 bits per heavy atom. The summed E-state index contributed by atoms with van der Waals surface area (Å²) < 4.78 is 19.1. The maximum atomic E-state index is 13.3. The van der Waals surface area contributed by atoms with Crippen molar-refractivity contribution in [3.8, 4) is 0 Å². The third kappa shape index (κ3) is 3.61. The Labute approximate surface area is 155 Å². The van der Waals surface area contributed by atoms with Crippen molar-refractivity contribution in [1.82, 2.24) is 10.3 Å². The van der Waals surface area contributed by atoms with Crippen molar-refractivity contribution < 1.29 is 13.9 Å². The first kappa shape index (κ1) is 17.4. The van der Waals surface area contributed by atoms with Gasteiger partial charge < -0.3 is 15.0 Å². The summed E-state index contributed by atoms with van der Waals surface area (Å²) in [5.41, 5.74) is 1.34. The van der Waals surface area contributed by atoms with Crippen LogP contribution in [0.3, 0.4) is 0 Å². The van der Waals surface area contributed by atoms with Crippen LogP contribution in [0, 0.1) is 5.82 Å². The van der Waals surface area contributed by atoms with Crippen LogP contribution in [0.15, 0.2) is 59.4 Å². The fourth-order valence-electron chi connectivity index (χ4n) is 3.54. The molecule has 0 aliphatic carbocycles. The van der Waals surface area contributed by atoms with Gasteiger partial charge in [-0.1, -0.05) is 30.3 Å². The topological polar surface area (TPSA) is 71.2 Å². The van der Waals surface area contributed by atoms with E-state index in [1.807, 2.05) is 6.07 Å². The van der Waals surface area contributed by atoms with Crippen molar-refractivity contribution in [3.63, 3.8) is 0 Å². The number of pyridine rings is 1. The molecule has 0 radical (unpaired) electrons. The molecule has 0 unspecified atom stereocenters. The Kier molecular flexibility index (Phi) is 4.73. The minimum Gasteiger partial charge on any atom is -0.376 e. The van der Waals surface area contributed by atoms with Crippen LogP contribution in [0.25, 0.3) is 10.9 Å². The molecule has 1 saturated heterocycles. The second kappa shape index (κ2) is 7.32. The number of rotatable bonds is 4. The standard InChI is InChI=1S/C21H19FN2O3/c22-14-9-7-13(8-10-14)20(18-6-3-11-27-18)24-21(26)16-12-19(25)23-17-5-2-1-4-15(16)17/h1-2,4-5,7-10,12,18,20H,3,6,11H2,(H,23,25)(H,24,26)/t18-,20+/m0/s1. The molecule has 2 aromatic carbocycles. The van der Waals surface area contributed by atoms with Gasteiger partial charge in [0.2, 0.25) is 5.56 Å². The number of hydrogen-bond donors (Lipinski definition) is 2. The van der Waals surface area contributed by atoms with Gasteiger partial charge >= 0.3 is 0 Å². The average molecular weight is 366 g/mol. The summed E-state index contributed by atoms with van der Waals surface area (Å²) in [6.07, 6.45) is 1.53. The monoisotopic (exact) mass is 366 g/mol. The normalized spacial score (nSPS) is 17.7. The van der Waals surface area contributed by atoms with Crippen molar-refractivity contribution in [2.45, 2.75) is 25.0 Å². The zero-order chi connectivity index (χ0) is 18.8. The van der Waals surface area contributed by atoms with Crippen molar-refractivity contribution in [1.29, 1.82) is 0 Å². The van der Waals surface area contributed by atoms with Crippen molar-refractivity contribution >= 4 is 16.8 Å². The highest BCUT2D eigenvalue weighted by molar-refractivity contribution is 6.06. The Morgan fingerprint density at radius 1 is 1.19 bits per heavy atom. The number of benzene rings is 2. The first-order valence-electron chi connectivity index (χ1n) is 8.92. The number of H-pyrrole nitrogens is 1. The molecule has 2 heterocycles. The lowest BCUT2D eigenvalue weighted by atomic mass is 9.98. The highest BCUT2D eigenvalue weighted by Gasteiger charge is 2.29. The second-order valence-electron chi connectivity index (χ2n) is 6.65. The lowest BCUT2D eigenvalue weighted by molar-refractivity contribution is 0.0673. The van der Waals surface area contributed by atoms with Crippen LogP contribution in [-0.4, -0.2) is 23.6 Å². The molecule has 1 aromatic heterocycles. The maximum Gasteiger partial charge on any atom is 0.252 e. The molecule has 0 spiro atoms. The summed E-state index contributed by atoms with van der Waals surface area (Å²) in [5.74, 6) is -0.695. The van der Waals surface area contributed by atoms with Gasteiger partial charge in [0.05, 0.1) is 17.7 Å². The molecule has 0 saturated carbocycles. The lowest BCUT2D eigenvalue weighted by Crippen LogP contribution is -2.36. The summed E-state index contributed by atoms with van der Waals surface area (Å²) >= 11 is 0. The zero-order valence-electron chi connectivity index (χ0n) is 14.6. The van der Waals surface area contributed by atoms with Crippen molar-refractivity contribution in [2.24, 2.45) is 0 Å². The SMILES string of the molecule is O=C(N[C@H](c1ccc(F)cc1)[C@@H]1CCCO1)c1cc(=O)[nH]c2ccccc12. The molecule has 3 aromatic rings. The number of hydrogen-bond acceptors (Lipinski definition) is 3. The van der Waals surface area contributed by atoms with Gasteiger partial charge in [-0.3, -0.25) is 9.59 Å². The molecule has 4 rings (SSSR count). The molecule has 27 heavy (non-hydrogen) atoms. The minimum atomic E-state index is -0.418. The molecule has 1 aliphatic rings. The third-order valence-corrected chi connectivity index (χ3v) is 4.85. The summed E-state index contributed by atoms with van der Waals surface area (Å²) in [4.78, 5) is 27.7. The summed E-state index contributed by atoms with van der Waals surface area (Å²) in [7, 11) is 0. The first-order valence-corrected chi connectivity index (χ1v) is 8.92. The predicted molar refractivity (Wildman–Crippen MR) is 100 cm³/mol. The quantitative estimate of drug-likeness (QED) is 0.744. The Morgan fingerprint density at radius 2 is 1.96 bits per heavy atom. The lowest BCUT2D eigenvalue weighted by Gasteiger charge is -2.25. The number of aromatic amines is 1. The number of aromatic nitrogens is 1. The van der Waals surface area contributed by atoms with E-state index in [9.17, 15) is 14.0 Å². The van der Waals surface area contributed by atoms with Gasteiger partial charge in [0.15, 0.2) is 0 Å². The van der Waals surface area contributed by atoms with E-state index in [1.54, 1.807) is 30.3 Å². The van der Waals surface area contributed by atoms with Crippen LogP contribution < -0.4 is 10.9 Å². The number of fused-ring (bicyclic) bond motifs is 1. The largest absolute Gasteiger partial charge is 0.376 e. The molecule has 2 N–H and O–H groups in total. The van der Waals surface area contributed by atoms with Crippen LogP contribution in [0.4, 0.5) is 4.39 Å². The smallest absolute Gasteiger partial charge is 0.252 e. The second-order valence-corrected chi connectivity index (χ2v) is 6.65.